The fourth-order valence-corrected chi connectivity index (χ4v) is 1.78. The van der Waals surface area contributed by atoms with Crippen molar-refractivity contribution in [3.63, 3.8) is 0 Å². The van der Waals surface area contributed by atoms with Gasteiger partial charge >= 0.3 is 0 Å². The third kappa shape index (κ3) is 1.16. The van der Waals surface area contributed by atoms with Crippen molar-refractivity contribution in [1.29, 1.82) is 0 Å². The molecule has 0 radical (unpaired) electrons. The van der Waals surface area contributed by atoms with E-state index >= 15 is 0 Å². The maximum Gasteiger partial charge on any atom is 0.0618 e. The zero-order valence-electron chi connectivity index (χ0n) is 6.96. The van der Waals surface area contributed by atoms with E-state index in [1.165, 1.54) is 16.7 Å². The summed E-state index contributed by atoms with van der Waals surface area (Å²) in [5, 5.41) is 8.78. The van der Waals surface area contributed by atoms with Gasteiger partial charge in [-0.15, -0.1) is 0 Å². The summed E-state index contributed by atoms with van der Waals surface area (Å²) in [6.45, 7) is 0.156. The van der Waals surface area contributed by atoms with Gasteiger partial charge in [0.2, 0.25) is 0 Å². The van der Waals surface area contributed by atoms with Gasteiger partial charge in [0.25, 0.3) is 0 Å². The van der Waals surface area contributed by atoms with E-state index in [0.29, 0.717) is 0 Å². The molecule has 1 N–H and O–H groups in total. The van der Waals surface area contributed by atoms with Crippen LogP contribution in [0.25, 0.3) is 5.57 Å². The summed E-state index contributed by atoms with van der Waals surface area (Å²) in [6, 6.07) is 8.41. The molecule has 62 valence electrons. The molecule has 0 aromatic heterocycles. The summed E-state index contributed by atoms with van der Waals surface area (Å²) in [7, 11) is 0. The van der Waals surface area contributed by atoms with E-state index in [4.69, 9.17) is 5.11 Å². The van der Waals surface area contributed by atoms with Crippen molar-refractivity contribution in [1.82, 2.24) is 0 Å². The van der Waals surface area contributed by atoms with Crippen LogP contribution in [-0.2, 0) is 6.42 Å². The van der Waals surface area contributed by atoms with E-state index in [2.05, 4.69) is 24.3 Å². The highest BCUT2D eigenvalue weighted by molar-refractivity contribution is 5.72. The van der Waals surface area contributed by atoms with Crippen LogP contribution in [0.4, 0.5) is 0 Å². The van der Waals surface area contributed by atoms with E-state index < -0.39 is 0 Å². The lowest BCUT2D eigenvalue weighted by molar-refractivity contribution is 0.343. The van der Waals surface area contributed by atoms with Crippen molar-refractivity contribution < 1.29 is 5.11 Å². The molecule has 0 unspecified atom stereocenters. The first-order valence-corrected chi connectivity index (χ1v) is 4.30. The number of rotatable bonds is 1. The second-order valence-electron chi connectivity index (χ2n) is 3.07. The molecule has 1 heteroatoms. The molecule has 1 aliphatic carbocycles. The van der Waals surface area contributed by atoms with Crippen molar-refractivity contribution >= 4 is 5.57 Å². The Labute approximate surface area is 72.4 Å². The summed E-state index contributed by atoms with van der Waals surface area (Å²) in [4.78, 5) is 0. The van der Waals surface area contributed by atoms with E-state index in [-0.39, 0.29) is 6.61 Å². The highest BCUT2D eigenvalue weighted by atomic mass is 16.2. The van der Waals surface area contributed by atoms with Crippen LogP contribution in [-0.4, -0.2) is 11.7 Å². The highest BCUT2D eigenvalue weighted by Crippen LogP contribution is 2.31. The van der Waals surface area contributed by atoms with Gasteiger partial charge in [-0.05, 0) is 29.5 Å². The van der Waals surface area contributed by atoms with Crippen LogP contribution >= 0.6 is 0 Å². The standard InChI is InChI=1S/C11H12O/c12-8-7-10-6-5-9-3-1-2-4-11(9)10/h1-4,7,12H,5-6,8H2/b10-7+. The molecule has 1 aliphatic rings. The first-order valence-electron chi connectivity index (χ1n) is 4.30. The van der Waals surface area contributed by atoms with Crippen molar-refractivity contribution in [2.75, 3.05) is 6.61 Å². The van der Waals surface area contributed by atoms with Crippen molar-refractivity contribution in [3.8, 4) is 0 Å². The lowest BCUT2D eigenvalue weighted by Gasteiger charge is -1.98. The first kappa shape index (κ1) is 7.56. The Hall–Kier alpha value is -1.08. The molecule has 0 saturated heterocycles. The van der Waals surface area contributed by atoms with Gasteiger partial charge in [0.1, 0.15) is 0 Å². The monoisotopic (exact) mass is 160 g/mol. The molecule has 0 amide bonds. The van der Waals surface area contributed by atoms with Crippen LogP contribution in [0.15, 0.2) is 30.3 Å². The van der Waals surface area contributed by atoms with Gasteiger partial charge in [0, 0.05) is 0 Å². The molecule has 0 bridgehead atoms. The topological polar surface area (TPSA) is 20.2 Å². The van der Waals surface area contributed by atoms with Crippen LogP contribution in [0.2, 0.25) is 0 Å². The number of benzene rings is 1. The van der Waals surface area contributed by atoms with E-state index in [9.17, 15) is 0 Å². The van der Waals surface area contributed by atoms with Crippen LogP contribution in [0.5, 0.6) is 0 Å². The second kappa shape index (κ2) is 3.11. The fraction of sp³-hybridized carbons (Fsp3) is 0.273. The lowest BCUT2D eigenvalue weighted by atomic mass is 10.1. The molecule has 2 rings (SSSR count). The fourth-order valence-electron chi connectivity index (χ4n) is 1.78. The van der Waals surface area contributed by atoms with E-state index in [1.54, 1.807) is 0 Å². The molecular formula is C11H12O. The summed E-state index contributed by atoms with van der Waals surface area (Å²) >= 11 is 0. The SMILES string of the molecule is OC/C=C1\CCc2ccccc21. The number of hydrogen-bond donors (Lipinski definition) is 1. The van der Waals surface area contributed by atoms with Gasteiger partial charge < -0.3 is 5.11 Å². The zero-order chi connectivity index (χ0) is 8.39. The van der Waals surface area contributed by atoms with Gasteiger partial charge in [0.05, 0.1) is 6.61 Å². The van der Waals surface area contributed by atoms with Crippen molar-refractivity contribution in [3.05, 3.63) is 41.5 Å². The minimum absolute atomic E-state index is 0.156. The van der Waals surface area contributed by atoms with Crippen LogP contribution < -0.4 is 0 Å². The minimum Gasteiger partial charge on any atom is -0.392 e. The number of aliphatic hydroxyl groups is 1. The van der Waals surface area contributed by atoms with Crippen LogP contribution in [0.1, 0.15) is 17.5 Å². The molecule has 0 fully saturated rings. The number of aryl methyl sites for hydroxylation is 1. The molecule has 0 aliphatic heterocycles. The third-order valence-corrected chi connectivity index (χ3v) is 2.36. The molecule has 0 atom stereocenters. The zero-order valence-corrected chi connectivity index (χ0v) is 6.96. The highest BCUT2D eigenvalue weighted by Gasteiger charge is 2.13. The third-order valence-electron chi connectivity index (χ3n) is 2.36. The Bertz CT molecular complexity index is 313. The largest absolute Gasteiger partial charge is 0.392 e. The average molecular weight is 160 g/mol. The smallest absolute Gasteiger partial charge is 0.0618 e. The molecule has 0 heterocycles. The van der Waals surface area contributed by atoms with Gasteiger partial charge in [-0.1, -0.05) is 30.3 Å². The number of aliphatic hydroxyl groups excluding tert-OH is 1. The van der Waals surface area contributed by atoms with Gasteiger partial charge in [0.15, 0.2) is 0 Å². The van der Waals surface area contributed by atoms with E-state index in [0.717, 1.165) is 12.8 Å². The normalized spacial score (nSPS) is 18.2. The maximum absolute atomic E-state index is 8.78. The Morgan fingerprint density at radius 3 is 2.92 bits per heavy atom. The lowest BCUT2D eigenvalue weighted by Crippen LogP contribution is -1.80. The Kier molecular flexibility index (Phi) is 1.96. The van der Waals surface area contributed by atoms with Crippen molar-refractivity contribution in [2.45, 2.75) is 12.8 Å². The molecule has 1 aromatic rings. The van der Waals surface area contributed by atoms with Gasteiger partial charge in [-0.3, -0.25) is 0 Å². The maximum atomic E-state index is 8.78. The van der Waals surface area contributed by atoms with Crippen molar-refractivity contribution in [2.24, 2.45) is 0 Å². The van der Waals surface area contributed by atoms with Gasteiger partial charge in [-0.25, -0.2) is 0 Å². The molecule has 1 aromatic carbocycles. The molecule has 0 spiro atoms. The molecule has 1 nitrogen and oxygen atoms in total. The second-order valence-corrected chi connectivity index (χ2v) is 3.07. The number of allylic oxidation sites excluding steroid dienone is 1. The summed E-state index contributed by atoms with van der Waals surface area (Å²) < 4.78 is 0. The summed E-state index contributed by atoms with van der Waals surface area (Å²) in [5.74, 6) is 0. The number of fused-ring (bicyclic) bond motifs is 1. The average Bonchev–Trinajstić information content (AvgIpc) is 2.50. The Morgan fingerprint density at radius 1 is 1.25 bits per heavy atom. The van der Waals surface area contributed by atoms with E-state index in [1.807, 2.05) is 6.08 Å². The molecule has 12 heavy (non-hydrogen) atoms. The van der Waals surface area contributed by atoms with Crippen LogP contribution in [0, 0.1) is 0 Å². The number of hydrogen-bond acceptors (Lipinski definition) is 1. The Morgan fingerprint density at radius 2 is 2.08 bits per heavy atom. The first-order chi connectivity index (χ1) is 5.92. The predicted octanol–water partition coefficient (Wildman–Crippen LogP) is 2.01. The van der Waals surface area contributed by atoms with Gasteiger partial charge in [-0.2, -0.15) is 0 Å². The predicted molar refractivity (Wildman–Crippen MR) is 49.8 cm³/mol. The molecule has 0 saturated carbocycles. The summed E-state index contributed by atoms with van der Waals surface area (Å²) in [6.07, 6.45) is 4.12. The molecular weight excluding hydrogens is 148 g/mol. The quantitative estimate of drug-likeness (QED) is 0.666. The van der Waals surface area contributed by atoms with Crippen LogP contribution in [0.3, 0.4) is 0 Å². The minimum atomic E-state index is 0.156. The Balaban J connectivity index is 2.43. The summed E-state index contributed by atoms with van der Waals surface area (Å²) in [5.41, 5.74) is 4.04.